The van der Waals surface area contributed by atoms with Crippen molar-refractivity contribution in [2.45, 2.75) is 44.0 Å². The molecule has 0 radical (unpaired) electrons. The van der Waals surface area contributed by atoms with Gasteiger partial charge in [0, 0.05) is 4.83 Å². The molecule has 0 aromatic rings. The number of alkyl halides is 1. The van der Waals surface area contributed by atoms with E-state index in [0.29, 0.717) is 10.2 Å². The fraction of sp³-hybridized carbons (Fsp3) is 1.00. The van der Waals surface area contributed by atoms with Crippen LogP contribution in [0.1, 0.15) is 33.6 Å². The standard InChI is InChI=1S/C10H17BrO/c1-9(2)6-4-8(11)10(3,12)5-7(6)9/h6-8,12H,4-5H2,1-3H3. The minimum atomic E-state index is -0.477. The van der Waals surface area contributed by atoms with Crippen molar-refractivity contribution >= 4 is 15.9 Å². The van der Waals surface area contributed by atoms with Crippen molar-refractivity contribution in [1.82, 2.24) is 0 Å². The molecule has 12 heavy (non-hydrogen) atoms. The molecule has 0 aromatic heterocycles. The molecule has 1 N–H and O–H groups in total. The first-order valence-corrected chi connectivity index (χ1v) is 5.64. The first kappa shape index (κ1) is 9.01. The van der Waals surface area contributed by atoms with Crippen LogP contribution in [0.15, 0.2) is 0 Å². The smallest absolute Gasteiger partial charge is 0.0747 e. The highest BCUT2D eigenvalue weighted by molar-refractivity contribution is 9.09. The minimum absolute atomic E-state index is 0.299. The molecule has 2 saturated carbocycles. The Morgan fingerprint density at radius 2 is 1.83 bits per heavy atom. The highest BCUT2D eigenvalue weighted by Gasteiger charge is 2.63. The lowest BCUT2D eigenvalue weighted by Crippen LogP contribution is -2.38. The second-order valence-electron chi connectivity index (χ2n) is 5.30. The molecule has 0 aliphatic heterocycles. The Hall–Kier alpha value is 0.440. The van der Waals surface area contributed by atoms with Crippen LogP contribution in [0, 0.1) is 17.3 Å². The van der Waals surface area contributed by atoms with Gasteiger partial charge in [0.05, 0.1) is 5.60 Å². The molecule has 2 rings (SSSR count). The Morgan fingerprint density at radius 1 is 1.25 bits per heavy atom. The molecule has 2 aliphatic carbocycles. The fourth-order valence-corrected chi connectivity index (χ4v) is 3.37. The van der Waals surface area contributed by atoms with Crippen molar-refractivity contribution in [3.05, 3.63) is 0 Å². The lowest BCUT2D eigenvalue weighted by Gasteiger charge is -2.32. The van der Waals surface area contributed by atoms with Gasteiger partial charge in [-0.3, -0.25) is 0 Å². The van der Waals surface area contributed by atoms with Crippen molar-refractivity contribution in [2.75, 3.05) is 0 Å². The highest BCUT2D eigenvalue weighted by Crippen LogP contribution is 2.67. The van der Waals surface area contributed by atoms with Crippen LogP contribution in [0.2, 0.25) is 0 Å². The van der Waals surface area contributed by atoms with Crippen LogP contribution in [0.5, 0.6) is 0 Å². The Balaban J connectivity index is 2.14. The first-order chi connectivity index (χ1) is 5.36. The lowest BCUT2D eigenvalue weighted by molar-refractivity contribution is 0.0264. The molecule has 0 spiro atoms. The normalized spacial score (nSPS) is 56.2. The zero-order chi connectivity index (χ0) is 9.15. The monoisotopic (exact) mass is 232 g/mol. The quantitative estimate of drug-likeness (QED) is 0.637. The van der Waals surface area contributed by atoms with Gasteiger partial charge in [-0.05, 0) is 37.0 Å². The largest absolute Gasteiger partial charge is 0.389 e. The van der Waals surface area contributed by atoms with Crippen molar-refractivity contribution in [2.24, 2.45) is 17.3 Å². The van der Waals surface area contributed by atoms with Gasteiger partial charge < -0.3 is 5.11 Å². The second kappa shape index (κ2) is 2.27. The van der Waals surface area contributed by atoms with Crippen molar-refractivity contribution in [3.8, 4) is 0 Å². The van der Waals surface area contributed by atoms with Crippen LogP contribution in [0.4, 0.5) is 0 Å². The first-order valence-electron chi connectivity index (χ1n) is 4.72. The van der Waals surface area contributed by atoms with E-state index in [9.17, 15) is 5.11 Å². The second-order valence-corrected chi connectivity index (χ2v) is 6.40. The highest BCUT2D eigenvalue weighted by atomic mass is 79.9. The van der Waals surface area contributed by atoms with Crippen molar-refractivity contribution < 1.29 is 5.11 Å². The lowest BCUT2D eigenvalue weighted by atomic mass is 9.86. The van der Waals surface area contributed by atoms with Gasteiger partial charge >= 0.3 is 0 Å². The molecule has 0 aromatic carbocycles. The summed E-state index contributed by atoms with van der Waals surface area (Å²) in [6.07, 6.45) is 2.12. The predicted octanol–water partition coefficient (Wildman–Crippen LogP) is 2.57. The van der Waals surface area contributed by atoms with Crippen molar-refractivity contribution in [3.63, 3.8) is 0 Å². The maximum absolute atomic E-state index is 10.0. The Kier molecular flexibility index (Phi) is 1.70. The molecule has 0 bridgehead atoms. The van der Waals surface area contributed by atoms with Gasteiger partial charge in [0.1, 0.15) is 0 Å². The molecule has 4 atom stereocenters. The van der Waals surface area contributed by atoms with Gasteiger partial charge in [-0.1, -0.05) is 29.8 Å². The summed E-state index contributed by atoms with van der Waals surface area (Å²) in [7, 11) is 0. The third kappa shape index (κ3) is 1.07. The van der Waals surface area contributed by atoms with Crippen LogP contribution in [0.3, 0.4) is 0 Å². The Labute approximate surface area is 82.7 Å². The minimum Gasteiger partial charge on any atom is -0.389 e. The summed E-state index contributed by atoms with van der Waals surface area (Å²) in [6, 6.07) is 0. The summed E-state index contributed by atoms with van der Waals surface area (Å²) in [5.74, 6) is 1.61. The molecule has 4 unspecified atom stereocenters. The Morgan fingerprint density at radius 3 is 2.33 bits per heavy atom. The summed E-state index contributed by atoms with van der Waals surface area (Å²) < 4.78 is 0. The molecule has 2 aliphatic rings. The van der Waals surface area contributed by atoms with E-state index >= 15 is 0 Å². The molecule has 1 nitrogen and oxygen atoms in total. The van der Waals surface area contributed by atoms with Crippen LogP contribution in [-0.4, -0.2) is 15.5 Å². The third-order valence-electron chi connectivity index (χ3n) is 4.06. The summed E-state index contributed by atoms with van der Waals surface area (Å²) in [4.78, 5) is 0.299. The molecule has 2 fully saturated rings. The molecule has 70 valence electrons. The van der Waals surface area contributed by atoms with Gasteiger partial charge in [0.15, 0.2) is 0 Å². The molecule has 0 saturated heterocycles. The topological polar surface area (TPSA) is 20.2 Å². The molecular weight excluding hydrogens is 216 g/mol. The van der Waals surface area contributed by atoms with Crippen LogP contribution >= 0.6 is 15.9 Å². The van der Waals surface area contributed by atoms with Crippen LogP contribution in [-0.2, 0) is 0 Å². The number of hydrogen-bond donors (Lipinski definition) is 1. The third-order valence-corrected chi connectivity index (χ3v) is 5.42. The molecular formula is C10H17BrO. The zero-order valence-corrected chi connectivity index (χ0v) is 9.56. The number of halogens is 1. The summed E-state index contributed by atoms with van der Waals surface area (Å²) in [6.45, 7) is 6.60. The average molecular weight is 233 g/mol. The number of hydrogen-bond acceptors (Lipinski definition) is 1. The Bertz CT molecular complexity index is 210. The predicted molar refractivity (Wildman–Crippen MR) is 53.3 cm³/mol. The van der Waals surface area contributed by atoms with E-state index in [2.05, 4.69) is 29.8 Å². The van der Waals surface area contributed by atoms with Crippen LogP contribution < -0.4 is 0 Å². The van der Waals surface area contributed by atoms with E-state index in [1.807, 2.05) is 6.92 Å². The van der Waals surface area contributed by atoms with Gasteiger partial charge in [0.2, 0.25) is 0 Å². The summed E-state index contributed by atoms with van der Waals surface area (Å²) in [5, 5.41) is 10.0. The fourth-order valence-electron chi connectivity index (χ4n) is 2.78. The van der Waals surface area contributed by atoms with Crippen molar-refractivity contribution in [1.29, 1.82) is 0 Å². The maximum atomic E-state index is 10.0. The van der Waals surface area contributed by atoms with Gasteiger partial charge in [0.25, 0.3) is 0 Å². The zero-order valence-electron chi connectivity index (χ0n) is 7.97. The maximum Gasteiger partial charge on any atom is 0.0747 e. The van der Waals surface area contributed by atoms with E-state index in [1.165, 1.54) is 0 Å². The SMILES string of the molecule is CC1(O)CC2C(CC1Br)C2(C)C. The average Bonchev–Trinajstić information content (AvgIpc) is 2.37. The van der Waals surface area contributed by atoms with E-state index in [0.717, 1.165) is 24.7 Å². The number of fused-ring (bicyclic) bond motifs is 1. The molecule has 2 heteroatoms. The number of aliphatic hydroxyl groups is 1. The van der Waals surface area contributed by atoms with E-state index in [-0.39, 0.29) is 0 Å². The van der Waals surface area contributed by atoms with E-state index in [4.69, 9.17) is 0 Å². The molecule has 0 amide bonds. The summed E-state index contributed by atoms with van der Waals surface area (Å²) >= 11 is 3.58. The van der Waals surface area contributed by atoms with E-state index < -0.39 is 5.60 Å². The molecule has 0 heterocycles. The summed E-state index contributed by atoms with van der Waals surface area (Å²) in [5.41, 5.74) is 0.0153. The van der Waals surface area contributed by atoms with E-state index in [1.54, 1.807) is 0 Å². The van der Waals surface area contributed by atoms with Gasteiger partial charge in [-0.15, -0.1) is 0 Å². The van der Waals surface area contributed by atoms with Crippen LogP contribution in [0.25, 0.3) is 0 Å². The number of rotatable bonds is 0. The van der Waals surface area contributed by atoms with Gasteiger partial charge in [-0.25, -0.2) is 0 Å². The van der Waals surface area contributed by atoms with Gasteiger partial charge in [-0.2, -0.15) is 0 Å².